The monoisotopic (exact) mass is 484 g/mol. The van der Waals surface area contributed by atoms with Crippen LogP contribution in [0, 0.1) is 0 Å². The number of phenols is 2. The van der Waals surface area contributed by atoms with Gasteiger partial charge in [0.1, 0.15) is 11.5 Å². The van der Waals surface area contributed by atoms with E-state index in [9.17, 15) is 10.2 Å². The van der Waals surface area contributed by atoms with E-state index < -0.39 is 7.92 Å². The summed E-state index contributed by atoms with van der Waals surface area (Å²) in [5, 5.41) is 25.1. The smallest absolute Gasteiger partial charge is 0.126 e. The van der Waals surface area contributed by atoms with Crippen molar-refractivity contribution in [1.82, 2.24) is 0 Å². The second-order valence-electron chi connectivity index (χ2n) is 9.81. The first kappa shape index (κ1) is 28.7. The van der Waals surface area contributed by atoms with Gasteiger partial charge in [0, 0.05) is 10.6 Å². The molecule has 0 heterocycles. The molecule has 0 aliphatic heterocycles. The van der Waals surface area contributed by atoms with Crippen molar-refractivity contribution in [3.05, 3.63) is 46.5 Å². The van der Waals surface area contributed by atoms with Gasteiger partial charge in [0.15, 0.2) is 0 Å². The molecular formula is C31H49O2P. The largest absolute Gasteiger partial charge is 0.507 e. The van der Waals surface area contributed by atoms with E-state index in [1.54, 1.807) is 0 Å². The maximum atomic E-state index is 11.5. The third kappa shape index (κ3) is 8.01. The van der Waals surface area contributed by atoms with E-state index in [1.165, 1.54) is 36.8 Å². The Morgan fingerprint density at radius 3 is 1.26 bits per heavy atom. The minimum Gasteiger partial charge on any atom is -0.507 e. The highest BCUT2D eigenvalue weighted by Crippen LogP contribution is 2.43. The van der Waals surface area contributed by atoms with Gasteiger partial charge in [-0.25, -0.2) is 0 Å². The fourth-order valence-corrected chi connectivity index (χ4v) is 7.29. The first-order chi connectivity index (χ1) is 16.5. The first-order valence-corrected chi connectivity index (χ1v) is 15.5. The lowest BCUT2D eigenvalue weighted by molar-refractivity contribution is 0.470. The van der Waals surface area contributed by atoms with Gasteiger partial charge >= 0.3 is 0 Å². The normalized spacial score (nSPS) is 11.5. The van der Waals surface area contributed by atoms with Crippen LogP contribution in [0.3, 0.4) is 0 Å². The molecule has 0 unspecified atom stereocenters. The Morgan fingerprint density at radius 1 is 0.529 bits per heavy atom. The number of phenolic OH excluding ortho intramolecular Hbond substituents is 2. The number of hydrogen-bond acceptors (Lipinski definition) is 2. The fourth-order valence-electron chi connectivity index (χ4n) is 4.66. The summed E-state index contributed by atoms with van der Waals surface area (Å²) in [7, 11) is -0.817. The predicted octanol–water partition coefficient (Wildman–Crippen LogP) is 8.31. The highest BCUT2D eigenvalue weighted by molar-refractivity contribution is 7.73. The summed E-state index contributed by atoms with van der Waals surface area (Å²) in [6.45, 7) is 11.1. The lowest BCUT2D eigenvalue weighted by Gasteiger charge is -2.25. The number of rotatable bonds is 16. The molecule has 0 aromatic heterocycles. The molecule has 0 fully saturated rings. The third-order valence-electron chi connectivity index (χ3n) is 6.72. The van der Waals surface area contributed by atoms with Gasteiger partial charge in [-0.3, -0.25) is 0 Å². The summed E-state index contributed by atoms with van der Waals surface area (Å²) in [5.41, 5.74) is 4.89. The zero-order valence-corrected chi connectivity index (χ0v) is 23.4. The minimum atomic E-state index is -0.817. The van der Waals surface area contributed by atoms with Crippen molar-refractivity contribution in [3.63, 3.8) is 0 Å². The summed E-state index contributed by atoms with van der Waals surface area (Å²) in [5.74, 6) is 0.975. The van der Waals surface area contributed by atoms with E-state index in [-0.39, 0.29) is 0 Å². The quantitative estimate of drug-likeness (QED) is 0.235. The third-order valence-corrected chi connectivity index (χ3v) is 9.46. The molecule has 2 aromatic rings. The molecule has 3 heteroatoms. The molecule has 0 aliphatic carbocycles. The number of aryl methyl sites for hydroxylation is 4. The lowest BCUT2D eigenvalue weighted by Crippen LogP contribution is -2.19. The van der Waals surface area contributed by atoms with E-state index in [2.05, 4.69) is 58.9 Å². The van der Waals surface area contributed by atoms with Crippen LogP contribution < -0.4 is 10.6 Å². The Kier molecular flexibility index (Phi) is 13.1. The highest BCUT2D eigenvalue weighted by Gasteiger charge is 2.24. The standard InChI is InChI=1S/C31H49O2P/c1-6-11-15-24-20-26(17-13-8-3)30(32)28(22-24)34(19-10-5)29-23-25(16-12-7-2)21-27(31(29)33)18-14-9-4/h20-23,32-33H,6-19H2,1-5H3. The molecule has 2 rings (SSSR count). The number of benzene rings is 2. The van der Waals surface area contributed by atoms with E-state index in [0.29, 0.717) is 11.5 Å². The molecule has 0 atom stereocenters. The summed E-state index contributed by atoms with van der Waals surface area (Å²) in [6, 6.07) is 9.03. The van der Waals surface area contributed by atoms with E-state index in [0.717, 1.165) is 85.7 Å². The van der Waals surface area contributed by atoms with Gasteiger partial charge in [0.25, 0.3) is 0 Å². The predicted molar refractivity (Wildman–Crippen MR) is 152 cm³/mol. The van der Waals surface area contributed by atoms with Crippen LogP contribution in [-0.4, -0.2) is 16.4 Å². The molecule has 2 N–H and O–H groups in total. The van der Waals surface area contributed by atoms with Crippen LogP contribution >= 0.6 is 7.92 Å². The molecule has 2 nitrogen and oxygen atoms in total. The van der Waals surface area contributed by atoms with Gasteiger partial charge in [0.2, 0.25) is 0 Å². The van der Waals surface area contributed by atoms with E-state index in [4.69, 9.17) is 0 Å². The molecule has 34 heavy (non-hydrogen) atoms. The SMILES string of the molecule is CCCCc1cc(CCCC)c(O)c(P(CCC)c2cc(CCCC)cc(CCCC)c2O)c1. The van der Waals surface area contributed by atoms with Crippen molar-refractivity contribution in [2.24, 2.45) is 0 Å². The Bertz CT molecular complexity index is 805. The topological polar surface area (TPSA) is 40.5 Å². The van der Waals surface area contributed by atoms with Crippen molar-refractivity contribution in [2.75, 3.05) is 6.16 Å². The summed E-state index contributed by atoms with van der Waals surface area (Å²) < 4.78 is 0. The summed E-state index contributed by atoms with van der Waals surface area (Å²) >= 11 is 0. The van der Waals surface area contributed by atoms with Crippen molar-refractivity contribution in [2.45, 2.75) is 118 Å². The molecule has 0 aliphatic rings. The van der Waals surface area contributed by atoms with Gasteiger partial charge in [-0.2, -0.15) is 0 Å². The Morgan fingerprint density at radius 2 is 0.912 bits per heavy atom. The van der Waals surface area contributed by atoms with Crippen LogP contribution in [0.2, 0.25) is 0 Å². The lowest BCUT2D eigenvalue weighted by atomic mass is 10.0. The highest BCUT2D eigenvalue weighted by atomic mass is 31.1. The molecular weight excluding hydrogens is 435 g/mol. The van der Waals surface area contributed by atoms with Crippen molar-refractivity contribution in [3.8, 4) is 11.5 Å². The summed E-state index contributed by atoms with van der Waals surface area (Å²) in [6.07, 6.45) is 15.1. The Labute approximate surface area is 211 Å². The first-order valence-electron chi connectivity index (χ1n) is 14.0. The molecule has 0 bridgehead atoms. The van der Waals surface area contributed by atoms with Gasteiger partial charge in [-0.1, -0.05) is 78.9 Å². The van der Waals surface area contributed by atoms with Gasteiger partial charge in [-0.05, 0) is 99.8 Å². The average Bonchev–Trinajstić information content (AvgIpc) is 2.84. The molecule has 190 valence electrons. The molecule has 2 aromatic carbocycles. The van der Waals surface area contributed by atoms with Crippen LogP contribution in [0.5, 0.6) is 11.5 Å². The average molecular weight is 485 g/mol. The fraction of sp³-hybridized carbons (Fsp3) is 0.613. The Hall–Kier alpha value is -1.53. The second kappa shape index (κ2) is 15.5. The zero-order chi connectivity index (χ0) is 24.9. The zero-order valence-electron chi connectivity index (χ0n) is 22.6. The molecule has 0 amide bonds. The van der Waals surface area contributed by atoms with E-state index in [1.807, 2.05) is 0 Å². The maximum absolute atomic E-state index is 11.5. The van der Waals surface area contributed by atoms with Crippen molar-refractivity contribution >= 4 is 18.5 Å². The number of hydrogen-bond donors (Lipinski definition) is 2. The minimum absolute atomic E-state index is 0.488. The van der Waals surface area contributed by atoms with Crippen molar-refractivity contribution in [1.29, 1.82) is 0 Å². The number of unbranched alkanes of at least 4 members (excludes halogenated alkanes) is 4. The van der Waals surface area contributed by atoms with Gasteiger partial charge < -0.3 is 10.2 Å². The van der Waals surface area contributed by atoms with Crippen LogP contribution in [0.25, 0.3) is 0 Å². The van der Waals surface area contributed by atoms with Crippen LogP contribution in [0.1, 0.15) is 115 Å². The van der Waals surface area contributed by atoms with Gasteiger partial charge in [0.05, 0.1) is 0 Å². The van der Waals surface area contributed by atoms with Crippen molar-refractivity contribution < 1.29 is 10.2 Å². The Balaban J connectivity index is 2.65. The number of aromatic hydroxyl groups is 2. The van der Waals surface area contributed by atoms with Crippen LogP contribution in [0.4, 0.5) is 0 Å². The molecule has 0 spiro atoms. The second-order valence-corrected chi connectivity index (χ2v) is 12.1. The van der Waals surface area contributed by atoms with Crippen LogP contribution in [0.15, 0.2) is 24.3 Å². The van der Waals surface area contributed by atoms with Crippen LogP contribution in [-0.2, 0) is 25.7 Å². The maximum Gasteiger partial charge on any atom is 0.126 e. The van der Waals surface area contributed by atoms with Gasteiger partial charge in [-0.15, -0.1) is 0 Å². The summed E-state index contributed by atoms with van der Waals surface area (Å²) in [4.78, 5) is 0. The molecule has 0 radical (unpaired) electrons. The van der Waals surface area contributed by atoms with E-state index >= 15 is 0 Å². The molecule has 0 saturated heterocycles. The molecule has 0 saturated carbocycles.